The SMILES string of the molecule is CS(=O)(=O)N1CCC(C(=O)N2CCN(c3ccc(-c4noc(C5CCCC5)n4)cn3)CC2)CC1. The lowest BCUT2D eigenvalue weighted by molar-refractivity contribution is -0.137. The molecule has 11 heteroatoms. The van der Waals surface area contributed by atoms with Crippen LogP contribution in [0.1, 0.15) is 50.3 Å². The molecule has 5 rings (SSSR count). The van der Waals surface area contributed by atoms with E-state index in [1.165, 1.54) is 23.4 Å². The fourth-order valence-electron chi connectivity index (χ4n) is 5.24. The number of piperazine rings is 1. The molecule has 1 amide bonds. The lowest BCUT2D eigenvalue weighted by Gasteiger charge is -2.38. The van der Waals surface area contributed by atoms with Gasteiger partial charge in [0.15, 0.2) is 0 Å². The maximum absolute atomic E-state index is 13.0. The van der Waals surface area contributed by atoms with Crippen molar-refractivity contribution in [3.63, 3.8) is 0 Å². The van der Waals surface area contributed by atoms with Crippen LogP contribution >= 0.6 is 0 Å². The molecule has 1 saturated carbocycles. The number of hydrogen-bond donors (Lipinski definition) is 0. The summed E-state index contributed by atoms with van der Waals surface area (Å²) < 4.78 is 30.4. The van der Waals surface area contributed by atoms with Crippen molar-refractivity contribution in [1.29, 1.82) is 0 Å². The van der Waals surface area contributed by atoms with Crippen molar-refractivity contribution in [2.24, 2.45) is 5.92 Å². The second-order valence-corrected chi connectivity index (χ2v) is 11.6. The summed E-state index contributed by atoms with van der Waals surface area (Å²) in [5.41, 5.74) is 0.839. The molecule has 4 heterocycles. The Balaban J connectivity index is 1.13. The van der Waals surface area contributed by atoms with Crippen molar-refractivity contribution in [1.82, 2.24) is 24.3 Å². The molecule has 2 aromatic rings. The van der Waals surface area contributed by atoms with E-state index in [1.54, 1.807) is 6.20 Å². The highest BCUT2D eigenvalue weighted by Crippen LogP contribution is 2.34. The fourth-order valence-corrected chi connectivity index (χ4v) is 6.12. The number of hydrogen-bond acceptors (Lipinski definition) is 8. The lowest BCUT2D eigenvalue weighted by atomic mass is 9.96. The van der Waals surface area contributed by atoms with Crippen LogP contribution in [-0.4, -0.2) is 84.2 Å². The van der Waals surface area contributed by atoms with E-state index in [-0.39, 0.29) is 11.8 Å². The first-order chi connectivity index (χ1) is 16.4. The van der Waals surface area contributed by atoms with E-state index in [4.69, 9.17) is 4.52 Å². The average molecular weight is 489 g/mol. The molecule has 0 aromatic carbocycles. The van der Waals surface area contributed by atoms with Gasteiger partial charge in [0.2, 0.25) is 27.6 Å². The Labute approximate surface area is 200 Å². The molecule has 34 heavy (non-hydrogen) atoms. The van der Waals surface area contributed by atoms with E-state index in [1.807, 2.05) is 17.0 Å². The minimum absolute atomic E-state index is 0.0916. The highest BCUT2D eigenvalue weighted by molar-refractivity contribution is 7.88. The molecule has 3 fully saturated rings. The molecule has 0 N–H and O–H groups in total. The van der Waals surface area contributed by atoms with Crippen molar-refractivity contribution < 1.29 is 17.7 Å². The second-order valence-electron chi connectivity index (χ2n) is 9.59. The molecule has 184 valence electrons. The topological polar surface area (TPSA) is 113 Å². The Morgan fingerprint density at radius 3 is 2.32 bits per heavy atom. The van der Waals surface area contributed by atoms with Gasteiger partial charge in [0, 0.05) is 62.9 Å². The third-order valence-electron chi connectivity index (χ3n) is 7.34. The number of nitrogens with zero attached hydrogens (tertiary/aromatic N) is 6. The largest absolute Gasteiger partial charge is 0.353 e. The van der Waals surface area contributed by atoms with Crippen LogP contribution in [0.3, 0.4) is 0 Å². The summed E-state index contributed by atoms with van der Waals surface area (Å²) in [7, 11) is -3.18. The van der Waals surface area contributed by atoms with Gasteiger partial charge in [-0.15, -0.1) is 0 Å². The number of carbonyl (C=O) groups is 1. The number of piperidine rings is 1. The molecule has 0 atom stereocenters. The predicted molar refractivity (Wildman–Crippen MR) is 127 cm³/mol. The molecule has 2 saturated heterocycles. The number of rotatable bonds is 5. The van der Waals surface area contributed by atoms with E-state index in [9.17, 15) is 13.2 Å². The molecular formula is C23H32N6O4S. The van der Waals surface area contributed by atoms with Gasteiger partial charge in [0.05, 0.1) is 6.26 Å². The van der Waals surface area contributed by atoms with Gasteiger partial charge in [0.25, 0.3) is 0 Å². The molecule has 0 radical (unpaired) electrons. The monoisotopic (exact) mass is 488 g/mol. The Morgan fingerprint density at radius 2 is 1.71 bits per heavy atom. The highest BCUT2D eigenvalue weighted by atomic mass is 32.2. The molecule has 1 aliphatic carbocycles. The number of carbonyl (C=O) groups excluding carboxylic acids is 1. The van der Waals surface area contributed by atoms with Crippen molar-refractivity contribution in [3.05, 3.63) is 24.2 Å². The standard InChI is InChI=1S/C23H32N6O4S/c1-34(31,32)29-10-8-18(9-11-29)23(30)28-14-12-27(13-15-28)20-7-6-19(16-24-20)21-25-22(33-26-21)17-4-2-3-5-17/h6-7,16-18H,2-5,8-15H2,1H3. The Bertz CT molecular complexity index is 1100. The highest BCUT2D eigenvalue weighted by Gasteiger charge is 2.33. The van der Waals surface area contributed by atoms with Gasteiger partial charge in [-0.3, -0.25) is 4.79 Å². The van der Waals surface area contributed by atoms with E-state index in [0.29, 0.717) is 63.9 Å². The van der Waals surface area contributed by atoms with Crippen molar-refractivity contribution >= 4 is 21.7 Å². The summed E-state index contributed by atoms with van der Waals surface area (Å²) in [5.74, 6) is 2.63. The van der Waals surface area contributed by atoms with E-state index >= 15 is 0 Å². The van der Waals surface area contributed by atoms with Gasteiger partial charge in [-0.25, -0.2) is 17.7 Å². The van der Waals surface area contributed by atoms with E-state index < -0.39 is 10.0 Å². The Hall–Kier alpha value is -2.53. The van der Waals surface area contributed by atoms with Crippen molar-refractivity contribution in [2.45, 2.75) is 44.4 Å². The summed E-state index contributed by atoms with van der Waals surface area (Å²) in [6, 6.07) is 3.94. The number of amides is 1. The molecule has 0 bridgehead atoms. The smallest absolute Gasteiger partial charge is 0.230 e. The van der Waals surface area contributed by atoms with Gasteiger partial charge < -0.3 is 14.3 Å². The molecule has 0 unspecified atom stereocenters. The normalized spacial score (nSPS) is 21.3. The third-order valence-corrected chi connectivity index (χ3v) is 8.64. The number of aromatic nitrogens is 3. The average Bonchev–Trinajstić information content (AvgIpc) is 3.56. The zero-order chi connectivity index (χ0) is 23.7. The van der Waals surface area contributed by atoms with Crippen LogP contribution < -0.4 is 4.90 Å². The maximum atomic E-state index is 13.0. The van der Waals surface area contributed by atoms with Crippen molar-refractivity contribution in [3.8, 4) is 11.4 Å². The summed E-state index contributed by atoms with van der Waals surface area (Å²) in [6.07, 6.45) is 8.87. The zero-order valence-corrected chi connectivity index (χ0v) is 20.4. The lowest BCUT2D eigenvalue weighted by Crippen LogP contribution is -2.52. The fraction of sp³-hybridized carbons (Fsp3) is 0.652. The molecule has 2 aliphatic heterocycles. The molecule has 0 spiro atoms. The molecule has 10 nitrogen and oxygen atoms in total. The van der Waals surface area contributed by atoms with Crippen LogP contribution in [0.15, 0.2) is 22.9 Å². The molecular weight excluding hydrogens is 456 g/mol. The summed E-state index contributed by atoms with van der Waals surface area (Å²) in [4.78, 5) is 26.2. The van der Waals surface area contributed by atoms with Gasteiger partial charge >= 0.3 is 0 Å². The minimum atomic E-state index is -3.18. The first-order valence-electron chi connectivity index (χ1n) is 12.2. The van der Waals surface area contributed by atoms with Crippen LogP contribution in [0.2, 0.25) is 0 Å². The summed E-state index contributed by atoms with van der Waals surface area (Å²) >= 11 is 0. The van der Waals surface area contributed by atoms with Gasteiger partial charge in [0.1, 0.15) is 5.82 Å². The molecule has 2 aromatic heterocycles. The number of pyridine rings is 1. The van der Waals surface area contributed by atoms with E-state index in [0.717, 1.165) is 30.1 Å². The number of sulfonamides is 1. The maximum Gasteiger partial charge on any atom is 0.230 e. The zero-order valence-electron chi connectivity index (χ0n) is 19.6. The number of anilines is 1. The molecule has 3 aliphatic rings. The van der Waals surface area contributed by atoms with Crippen LogP contribution in [-0.2, 0) is 14.8 Å². The Kier molecular flexibility index (Phi) is 6.57. The second kappa shape index (κ2) is 9.61. The summed E-state index contributed by atoms with van der Waals surface area (Å²) in [6.45, 7) is 3.57. The van der Waals surface area contributed by atoms with E-state index in [2.05, 4.69) is 20.0 Å². The van der Waals surface area contributed by atoms with Crippen LogP contribution in [0.5, 0.6) is 0 Å². The predicted octanol–water partition coefficient (Wildman–Crippen LogP) is 2.11. The minimum Gasteiger partial charge on any atom is -0.353 e. The third kappa shape index (κ3) is 4.95. The Morgan fingerprint density at radius 1 is 1.00 bits per heavy atom. The van der Waals surface area contributed by atoms with Crippen LogP contribution in [0, 0.1) is 5.92 Å². The van der Waals surface area contributed by atoms with Crippen LogP contribution in [0.4, 0.5) is 5.82 Å². The van der Waals surface area contributed by atoms with Gasteiger partial charge in [-0.2, -0.15) is 4.98 Å². The first-order valence-corrected chi connectivity index (χ1v) is 14.0. The quantitative estimate of drug-likeness (QED) is 0.629. The van der Waals surface area contributed by atoms with Crippen LogP contribution in [0.25, 0.3) is 11.4 Å². The van der Waals surface area contributed by atoms with Gasteiger partial charge in [-0.05, 0) is 37.8 Å². The van der Waals surface area contributed by atoms with Crippen molar-refractivity contribution in [2.75, 3.05) is 50.4 Å². The summed E-state index contributed by atoms with van der Waals surface area (Å²) in [5, 5.41) is 4.14. The first kappa shape index (κ1) is 23.2. The van der Waals surface area contributed by atoms with Gasteiger partial charge in [-0.1, -0.05) is 18.0 Å².